The first kappa shape index (κ1) is 16.6. The van der Waals surface area contributed by atoms with Crippen molar-refractivity contribution in [1.29, 1.82) is 0 Å². The summed E-state index contributed by atoms with van der Waals surface area (Å²) >= 11 is 1.78. The number of thiophene rings is 1. The number of nitrogens with one attached hydrogen (secondary N) is 1. The van der Waals surface area contributed by atoms with Crippen LogP contribution in [0.25, 0.3) is 0 Å². The van der Waals surface area contributed by atoms with E-state index in [1.807, 2.05) is 13.8 Å². The van der Waals surface area contributed by atoms with Crippen LogP contribution < -0.4 is 5.32 Å². The van der Waals surface area contributed by atoms with E-state index in [4.69, 9.17) is 0 Å². The lowest BCUT2D eigenvalue weighted by molar-refractivity contribution is -0.121. The molecule has 0 atom stereocenters. The van der Waals surface area contributed by atoms with Crippen molar-refractivity contribution in [3.8, 4) is 0 Å². The minimum Gasteiger partial charge on any atom is -0.453 e. The molecule has 1 heterocycles. The number of rotatable bonds is 4. The maximum atomic E-state index is 11.0. The summed E-state index contributed by atoms with van der Waals surface area (Å²) in [6, 6.07) is 4.16. The molecule has 0 aliphatic heterocycles. The van der Waals surface area contributed by atoms with Crippen molar-refractivity contribution in [2.75, 3.05) is 13.7 Å². The van der Waals surface area contributed by atoms with Gasteiger partial charge in [0.05, 0.1) is 7.11 Å². The van der Waals surface area contributed by atoms with E-state index in [2.05, 4.69) is 34.5 Å². The van der Waals surface area contributed by atoms with Gasteiger partial charge >= 0.3 is 6.09 Å². The average molecular weight is 271 g/mol. The van der Waals surface area contributed by atoms with Gasteiger partial charge in [0.25, 0.3) is 0 Å². The molecule has 0 saturated carbocycles. The Kier molecular flexibility index (Phi) is 8.92. The molecule has 1 rings (SSSR count). The third-order valence-corrected chi connectivity index (χ3v) is 2.93. The maximum absolute atomic E-state index is 11.0. The summed E-state index contributed by atoms with van der Waals surface area (Å²) in [5, 5.41) is 4.51. The first-order valence-corrected chi connectivity index (χ1v) is 6.70. The molecule has 0 saturated heterocycles. The van der Waals surface area contributed by atoms with Crippen LogP contribution in [0.3, 0.4) is 0 Å². The van der Waals surface area contributed by atoms with Gasteiger partial charge in [-0.3, -0.25) is 4.79 Å². The molecule has 0 aromatic carbocycles. The Balaban J connectivity index is 0.000000397. The minimum absolute atomic E-state index is 0.0319. The second-order valence-corrected chi connectivity index (χ2v) is 5.16. The molecule has 4 nitrogen and oxygen atoms in total. The van der Waals surface area contributed by atoms with Gasteiger partial charge in [0, 0.05) is 23.8 Å². The van der Waals surface area contributed by atoms with E-state index in [0.717, 1.165) is 0 Å². The van der Waals surface area contributed by atoms with Crippen molar-refractivity contribution in [2.45, 2.75) is 27.2 Å². The molecule has 1 amide bonds. The van der Waals surface area contributed by atoms with E-state index in [1.54, 1.807) is 11.3 Å². The van der Waals surface area contributed by atoms with Gasteiger partial charge in [-0.15, -0.1) is 11.3 Å². The maximum Gasteiger partial charge on any atom is 0.406 e. The van der Waals surface area contributed by atoms with Gasteiger partial charge in [-0.2, -0.15) is 0 Å². The summed E-state index contributed by atoms with van der Waals surface area (Å²) < 4.78 is 4.33. The van der Waals surface area contributed by atoms with Crippen LogP contribution in [0.2, 0.25) is 0 Å². The van der Waals surface area contributed by atoms with Crippen molar-refractivity contribution >= 4 is 23.2 Å². The first-order chi connectivity index (χ1) is 8.47. The fourth-order valence-electron chi connectivity index (χ4n) is 1.01. The fourth-order valence-corrected chi connectivity index (χ4v) is 1.54. The highest BCUT2D eigenvalue weighted by Gasteiger charge is 2.07. The second kappa shape index (κ2) is 9.65. The number of alkyl carbamates (subject to hydrolysis) is 1. The van der Waals surface area contributed by atoms with Crippen molar-refractivity contribution in [1.82, 2.24) is 5.32 Å². The molecule has 1 N–H and O–H groups in total. The standard InChI is InChI=1S/C8H15NO3.C5H6S/c1-6(2)7(10)4-5-9-8(11)12-3;1-5-3-2-4-6-5/h6H,4-5H2,1-3H3,(H,9,11);2-4H,1H3. The Morgan fingerprint density at radius 1 is 1.44 bits per heavy atom. The fraction of sp³-hybridized carbons (Fsp3) is 0.538. The highest BCUT2D eigenvalue weighted by Crippen LogP contribution is 2.03. The Morgan fingerprint density at radius 3 is 2.44 bits per heavy atom. The van der Waals surface area contributed by atoms with Crippen LogP contribution in [0, 0.1) is 12.8 Å². The predicted molar refractivity (Wildman–Crippen MR) is 73.9 cm³/mol. The van der Waals surface area contributed by atoms with Crippen molar-refractivity contribution in [3.05, 3.63) is 22.4 Å². The van der Waals surface area contributed by atoms with Crippen LogP contribution >= 0.6 is 11.3 Å². The minimum atomic E-state index is -0.494. The van der Waals surface area contributed by atoms with E-state index in [9.17, 15) is 9.59 Å². The van der Waals surface area contributed by atoms with Gasteiger partial charge in [0.15, 0.2) is 0 Å². The number of carbonyl (C=O) groups is 2. The number of ketones is 1. The summed E-state index contributed by atoms with van der Waals surface area (Å²) in [5.41, 5.74) is 0. The molecular weight excluding hydrogens is 250 g/mol. The Hall–Kier alpha value is -1.36. The summed E-state index contributed by atoms with van der Waals surface area (Å²) in [7, 11) is 1.29. The number of hydrogen-bond donors (Lipinski definition) is 1. The van der Waals surface area contributed by atoms with E-state index >= 15 is 0 Å². The predicted octanol–water partition coefficient (Wildman–Crippen LogP) is 3.01. The summed E-state index contributed by atoms with van der Waals surface area (Å²) in [6.45, 7) is 6.12. The zero-order valence-electron chi connectivity index (χ0n) is 11.4. The lowest BCUT2D eigenvalue weighted by Gasteiger charge is -2.04. The molecule has 0 spiro atoms. The summed E-state index contributed by atoms with van der Waals surface area (Å²) in [6.07, 6.45) is -0.126. The second-order valence-electron chi connectivity index (χ2n) is 4.01. The SMILES string of the molecule is COC(=O)NCCC(=O)C(C)C.Cc1cccs1. The van der Waals surface area contributed by atoms with Crippen LogP contribution in [0.1, 0.15) is 25.1 Å². The molecule has 1 aromatic heterocycles. The quantitative estimate of drug-likeness (QED) is 0.915. The normalized spacial score (nSPS) is 9.39. The molecule has 5 heteroatoms. The smallest absolute Gasteiger partial charge is 0.406 e. The first-order valence-electron chi connectivity index (χ1n) is 5.82. The Bertz CT molecular complexity index is 347. The largest absolute Gasteiger partial charge is 0.453 e. The topological polar surface area (TPSA) is 55.4 Å². The van der Waals surface area contributed by atoms with Gasteiger partial charge < -0.3 is 10.1 Å². The number of aryl methyl sites for hydroxylation is 1. The molecular formula is C13H21NO3S. The zero-order chi connectivity index (χ0) is 14.0. The van der Waals surface area contributed by atoms with Gasteiger partial charge in [-0.25, -0.2) is 4.79 Å². The zero-order valence-corrected chi connectivity index (χ0v) is 12.2. The van der Waals surface area contributed by atoms with Gasteiger partial charge in [0.2, 0.25) is 0 Å². The van der Waals surface area contributed by atoms with E-state index in [-0.39, 0.29) is 11.7 Å². The van der Waals surface area contributed by atoms with Crippen molar-refractivity contribution in [3.63, 3.8) is 0 Å². The van der Waals surface area contributed by atoms with E-state index in [0.29, 0.717) is 13.0 Å². The van der Waals surface area contributed by atoms with Crippen LogP contribution in [0.15, 0.2) is 17.5 Å². The highest BCUT2D eigenvalue weighted by atomic mass is 32.1. The molecule has 0 bridgehead atoms. The van der Waals surface area contributed by atoms with Crippen LogP contribution in [0.4, 0.5) is 4.79 Å². The third kappa shape index (κ3) is 8.75. The molecule has 0 aliphatic carbocycles. The molecule has 0 unspecified atom stereocenters. The van der Waals surface area contributed by atoms with Gasteiger partial charge in [-0.1, -0.05) is 19.9 Å². The average Bonchev–Trinajstić information content (AvgIpc) is 2.80. The lowest BCUT2D eigenvalue weighted by Crippen LogP contribution is -2.26. The Morgan fingerprint density at radius 2 is 2.11 bits per heavy atom. The highest BCUT2D eigenvalue weighted by molar-refractivity contribution is 7.09. The number of Topliss-reactive ketones (excluding diaryl/α,β-unsaturated/α-hetero) is 1. The molecule has 0 aliphatic rings. The summed E-state index contributed by atoms with van der Waals surface area (Å²) in [5.74, 6) is 0.177. The lowest BCUT2D eigenvalue weighted by atomic mass is 10.1. The molecule has 1 aromatic rings. The summed E-state index contributed by atoms with van der Waals surface area (Å²) in [4.78, 5) is 22.9. The molecule has 0 radical (unpaired) electrons. The number of carbonyl (C=O) groups excluding carboxylic acids is 2. The Labute approximate surface area is 112 Å². The number of amides is 1. The van der Waals surface area contributed by atoms with Gasteiger partial charge in [-0.05, 0) is 18.4 Å². The van der Waals surface area contributed by atoms with E-state index < -0.39 is 6.09 Å². The van der Waals surface area contributed by atoms with Gasteiger partial charge in [0.1, 0.15) is 5.78 Å². The van der Waals surface area contributed by atoms with E-state index in [1.165, 1.54) is 12.0 Å². The third-order valence-electron chi connectivity index (χ3n) is 2.13. The molecule has 18 heavy (non-hydrogen) atoms. The van der Waals surface area contributed by atoms with Crippen LogP contribution in [0.5, 0.6) is 0 Å². The van der Waals surface area contributed by atoms with Crippen LogP contribution in [-0.2, 0) is 9.53 Å². The van der Waals surface area contributed by atoms with Crippen molar-refractivity contribution < 1.29 is 14.3 Å². The molecule has 102 valence electrons. The van der Waals surface area contributed by atoms with Crippen molar-refractivity contribution in [2.24, 2.45) is 5.92 Å². The number of methoxy groups -OCH3 is 1. The monoisotopic (exact) mass is 271 g/mol. The number of ether oxygens (including phenoxy) is 1. The number of hydrogen-bond acceptors (Lipinski definition) is 4. The molecule has 0 fully saturated rings. The van der Waals surface area contributed by atoms with Crippen LogP contribution in [-0.4, -0.2) is 25.5 Å².